The number of rotatable bonds is 4. The summed E-state index contributed by atoms with van der Waals surface area (Å²) in [6.07, 6.45) is 0. The minimum atomic E-state index is -0.854. The van der Waals surface area contributed by atoms with Gasteiger partial charge in [-0.2, -0.15) is 0 Å². The molecule has 18 heavy (non-hydrogen) atoms. The van der Waals surface area contributed by atoms with Crippen LogP contribution in [0.4, 0.5) is 0 Å². The lowest BCUT2D eigenvalue weighted by atomic mass is 10.1. The van der Waals surface area contributed by atoms with Crippen LogP contribution in [-0.4, -0.2) is 41.2 Å². The Morgan fingerprint density at radius 1 is 1.33 bits per heavy atom. The molecule has 4 nitrogen and oxygen atoms in total. The first-order valence-electron chi connectivity index (χ1n) is 5.98. The van der Waals surface area contributed by atoms with Gasteiger partial charge < -0.3 is 14.6 Å². The lowest BCUT2D eigenvalue weighted by Crippen LogP contribution is -2.19. The van der Waals surface area contributed by atoms with Crippen molar-refractivity contribution >= 4 is 16.9 Å². The van der Waals surface area contributed by atoms with Crippen LogP contribution in [0.5, 0.6) is 0 Å². The summed E-state index contributed by atoms with van der Waals surface area (Å²) in [5, 5.41) is 10.2. The first kappa shape index (κ1) is 12.6. The minimum Gasteiger partial charge on any atom is -0.478 e. The summed E-state index contributed by atoms with van der Waals surface area (Å²) >= 11 is 0. The highest BCUT2D eigenvalue weighted by Gasteiger charge is 2.18. The molecule has 0 atom stereocenters. The molecule has 0 aliphatic heterocycles. The maximum Gasteiger partial charge on any atom is 0.338 e. The number of likely N-dealkylation sites (N-methyl/N-ethyl adjacent to an activating group) is 1. The van der Waals surface area contributed by atoms with E-state index in [4.69, 9.17) is 0 Å². The highest BCUT2D eigenvalue weighted by Crippen LogP contribution is 2.25. The molecule has 0 unspecified atom stereocenters. The first-order chi connectivity index (χ1) is 8.52. The Hall–Kier alpha value is -1.81. The highest BCUT2D eigenvalue weighted by molar-refractivity contribution is 6.05. The summed E-state index contributed by atoms with van der Waals surface area (Å²) in [7, 11) is 4.03. The Kier molecular flexibility index (Phi) is 3.39. The van der Waals surface area contributed by atoms with Gasteiger partial charge in [-0.15, -0.1) is 0 Å². The van der Waals surface area contributed by atoms with E-state index in [1.165, 1.54) is 0 Å². The van der Waals surface area contributed by atoms with Gasteiger partial charge in [0, 0.05) is 29.7 Å². The van der Waals surface area contributed by atoms with Gasteiger partial charge in [0.15, 0.2) is 0 Å². The van der Waals surface area contributed by atoms with Crippen molar-refractivity contribution in [3.05, 3.63) is 35.5 Å². The zero-order valence-electron chi connectivity index (χ0n) is 11.0. The third-order valence-corrected chi connectivity index (χ3v) is 3.22. The molecule has 1 aromatic heterocycles. The Labute approximate surface area is 106 Å². The van der Waals surface area contributed by atoms with Gasteiger partial charge in [-0.05, 0) is 27.1 Å². The maximum atomic E-state index is 11.4. The van der Waals surface area contributed by atoms with Gasteiger partial charge in [0.25, 0.3) is 0 Å². The van der Waals surface area contributed by atoms with E-state index in [2.05, 4.69) is 9.47 Å². The summed E-state index contributed by atoms with van der Waals surface area (Å²) in [5.74, 6) is -0.854. The monoisotopic (exact) mass is 246 g/mol. The first-order valence-corrected chi connectivity index (χ1v) is 5.98. The fraction of sp³-hybridized carbons (Fsp3) is 0.357. The third-order valence-electron chi connectivity index (χ3n) is 3.22. The van der Waals surface area contributed by atoms with E-state index in [9.17, 15) is 9.90 Å². The molecule has 0 aliphatic carbocycles. The zero-order valence-corrected chi connectivity index (χ0v) is 11.0. The smallest absolute Gasteiger partial charge is 0.338 e. The van der Waals surface area contributed by atoms with Gasteiger partial charge in [0.1, 0.15) is 0 Å². The zero-order chi connectivity index (χ0) is 13.3. The lowest BCUT2D eigenvalue weighted by molar-refractivity contribution is 0.0698. The molecule has 0 aliphatic rings. The van der Waals surface area contributed by atoms with Crippen LogP contribution in [0.15, 0.2) is 24.3 Å². The van der Waals surface area contributed by atoms with E-state index in [0.717, 1.165) is 29.7 Å². The molecule has 1 heterocycles. The second-order valence-corrected chi connectivity index (χ2v) is 4.74. The second-order valence-electron chi connectivity index (χ2n) is 4.74. The molecule has 0 bridgehead atoms. The summed E-state index contributed by atoms with van der Waals surface area (Å²) in [6.45, 7) is 3.56. The normalized spacial score (nSPS) is 11.3. The summed E-state index contributed by atoms with van der Waals surface area (Å²) < 4.78 is 2.08. The molecule has 0 saturated carbocycles. The van der Waals surface area contributed by atoms with Crippen LogP contribution in [0.1, 0.15) is 16.1 Å². The van der Waals surface area contributed by atoms with Crippen molar-refractivity contribution in [2.75, 3.05) is 20.6 Å². The second kappa shape index (κ2) is 4.82. The summed E-state index contributed by atoms with van der Waals surface area (Å²) in [5.41, 5.74) is 2.24. The molecule has 0 saturated heterocycles. The number of carboxylic acid groups (broad SMARTS) is 1. The number of hydrogen-bond donors (Lipinski definition) is 1. The van der Waals surface area contributed by atoms with E-state index >= 15 is 0 Å². The summed E-state index contributed by atoms with van der Waals surface area (Å²) in [6, 6.07) is 7.67. The van der Waals surface area contributed by atoms with Crippen LogP contribution in [0.2, 0.25) is 0 Å². The van der Waals surface area contributed by atoms with E-state index < -0.39 is 5.97 Å². The van der Waals surface area contributed by atoms with E-state index in [1.54, 1.807) is 0 Å². The molecule has 4 heteroatoms. The Morgan fingerprint density at radius 3 is 2.61 bits per heavy atom. The van der Waals surface area contributed by atoms with Gasteiger partial charge >= 0.3 is 5.97 Å². The van der Waals surface area contributed by atoms with Crippen molar-refractivity contribution < 1.29 is 9.90 Å². The van der Waals surface area contributed by atoms with E-state index in [0.29, 0.717) is 5.56 Å². The van der Waals surface area contributed by atoms with Gasteiger partial charge in [-0.25, -0.2) is 4.79 Å². The maximum absolute atomic E-state index is 11.4. The fourth-order valence-corrected chi connectivity index (χ4v) is 2.29. The van der Waals surface area contributed by atoms with Crippen LogP contribution in [0.3, 0.4) is 0 Å². The SMILES string of the molecule is Cc1c(C(=O)O)c2ccccc2n1CCN(C)C. The van der Waals surface area contributed by atoms with Crippen molar-refractivity contribution in [3.8, 4) is 0 Å². The van der Waals surface area contributed by atoms with Crippen molar-refractivity contribution in [1.82, 2.24) is 9.47 Å². The lowest BCUT2D eigenvalue weighted by Gasteiger charge is -2.13. The standard InChI is InChI=1S/C14H18N2O2/c1-10-13(14(17)18)11-6-4-5-7-12(11)16(10)9-8-15(2)3/h4-7H,8-9H2,1-3H3,(H,17,18). The van der Waals surface area contributed by atoms with Crippen molar-refractivity contribution in [2.24, 2.45) is 0 Å². The van der Waals surface area contributed by atoms with Crippen molar-refractivity contribution in [2.45, 2.75) is 13.5 Å². The van der Waals surface area contributed by atoms with E-state index in [1.807, 2.05) is 45.3 Å². The number of para-hydroxylation sites is 1. The quantitative estimate of drug-likeness (QED) is 0.899. The number of nitrogens with zero attached hydrogens (tertiary/aromatic N) is 2. The largest absolute Gasteiger partial charge is 0.478 e. The number of benzene rings is 1. The third kappa shape index (κ3) is 2.11. The van der Waals surface area contributed by atoms with Gasteiger partial charge in [0.2, 0.25) is 0 Å². The van der Waals surface area contributed by atoms with Crippen LogP contribution < -0.4 is 0 Å². The molecule has 1 aromatic carbocycles. The highest BCUT2D eigenvalue weighted by atomic mass is 16.4. The number of carbonyl (C=O) groups is 1. The van der Waals surface area contributed by atoms with Gasteiger partial charge in [-0.1, -0.05) is 18.2 Å². The molecule has 1 N–H and O–H groups in total. The number of hydrogen-bond acceptors (Lipinski definition) is 2. The number of aromatic carboxylic acids is 1. The van der Waals surface area contributed by atoms with Crippen LogP contribution in [-0.2, 0) is 6.54 Å². The van der Waals surface area contributed by atoms with Crippen molar-refractivity contribution in [1.29, 1.82) is 0 Å². The molecule has 2 aromatic rings. The predicted octanol–water partition coefficient (Wildman–Crippen LogP) is 2.21. The molecule has 0 fully saturated rings. The van der Waals surface area contributed by atoms with Crippen molar-refractivity contribution in [3.63, 3.8) is 0 Å². The predicted molar refractivity (Wildman–Crippen MR) is 72.2 cm³/mol. The molecular weight excluding hydrogens is 228 g/mol. The molecule has 0 radical (unpaired) electrons. The molecular formula is C14H18N2O2. The Morgan fingerprint density at radius 2 is 2.00 bits per heavy atom. The van der Waals surface area contributed by atoms with Crippen LogP contribution in [0, 0.1) is 6.92 Å². The van der Waals surface area contributed by atoms with Crippen LogP contribution >= 0.6 is 0 Å². The minimum absolute atomic E-state index is 0.421. The van der Waals surface area contributed by atoms with Gasteiger partial charge in [0.05, 0.1) is 5.56 Å². The summed E-state index contributed by atoms with van der Waals surface area (Å²) in [4.78, 5) is 13.5. The number of fused-ring (bicyclic) bond motifs is 1. The Bertz CT molecular complexity index is 585. The fourth-order valence-electron chi connectivity index (χ4n) is 2.29. The molecule has 96 valence electrons. The molecule has 0 amide bonds. The topological polar surface area (TPSA) is 45.5 Å². The Balaban J connectivity index is 2.58. The average Bonchev–Trinajstić information content (AvgIpc) is 2.58. The number of carboxylic acids is 1. The average molecular weight is 246 g/mol. The van der Waals surface area contributed by atoms with Crippen LogP contribution in [0.25, 0.3) is 10.9 Å². The molecule has 0 spiro atoms. The number of aromatic nitrogens is 1. The molecule has 2 rings (SSSR count). The van der Waals surface area contributed by atoms with E-state index in [-0.39, 0.29) is 0 Å². The van der Waals surface area contributed by atoms with Gasteiger partial charge in [-0.3, -0.25) is 0 Å².